The molecule has 2 aromatic rings. The molecule has 1 aromatic carbocycles. The molecule has 112 valence electrons. The number of aliphatic hydroxyl groups is 1. The molecule has 2 N–H and O–H groups in total. The Morgan fingerprint density at radius 1 is 1.43 bits per heavy atom. The van der Waals surface area contributed by atoms with Crippen LogP contribution < -0.4 is 5.32 Å². The monoisotopic (exact) mass is 307 g/mol. The second kappa shape index (κ2) is 6.37. The molecule has 5 heteroatoms. The number of halogens is 1. The number of benzene rings is 1. The van der Waals surface area contributed by atoms with Crippen molar-refractivity contribution in [1.82, 2.24) is 5.32 Å². The minimum atomic E-state index is -1.13. The molecule has 3 nitrogen and oxygen atoms in total. The summed E-state index contributed by atoms with van der Waals surface area (Å²) in [5.74, 6) is -1.31. The van der Waals surface area contributed by atoms with E-state index < -0.39 is 17.3 Å². The smallest absolute Gasteiger partial charge is 0.227 e. The van der Waals surface area contributed by atoms with E-state index in [-0.39, 0.29) is 12.5 Å². The van der Waals surface area contributed by atoms with Crippen molar-refractivity contribution in [3.05, 3.63) is 58.0 Å². The molecule has 0 spiro atoms. The Hall–Kier alpha value is -1.72. The van der Waals surface area contributed by atoms with Gasteiger partial charge in [-0.15, -0.1) is 0 Å². The van der Waals surface area contributed by atoms with Crippen LogP contribution >= 0.6 is 11.3 Å². The van der Waals surface area contributed by atoms with E-state index in [1.165, 1.54) is 17.4 Å². The number of nitrogens with one attached hydrogen (secondary N) is 1. The lowest BCUT2D eigenvalue weighted by Crippen LogP contribution is -2.40. The molecule has 0 saturated carbocycles. The normalized spacial score (nSPS) is 15.2. The van der Waals surface area contributed by atoms with Crippen LogP contribution in [0.15, 0.2) is 41.1 Å². The van der Waals surface area contributed by atoms with Crippen molar-refractivity contribution in [3.63, 3.8) is 0 Å². The zero-order valence-corrected chi connectivity index (χ0v) is 12.8. The van der Waals surface area contributed by atoms with Gasteiger partial charge in [0.25, 0.3) is 0 Å². The van der Waals surface area contributed by atoms with Crippen LogP contribution in [0.1, 0.15) is 30.9 Å². The van der Waals surface area contributed by atoms with E-state index in [1.54, 1.807) is 32.0 Å². The Morgan fingerprint density at radius 2 is 2.14 bits per heavy atom. The summed E-state index contributed by atoms with van der Waals surface area (Å²) in [7, 11) is 0. The van der Waals surface area contributed by atoms with E-state index in [0.717, 1.165) is 5.56 Å². The van der Waals surface area contributed by atoms with Crippen LogP contribution in [-0.4, -0.2) is 17.6 Å². The summed E-state index contributed by atoms with van der Waals surface area (Å²) in [4.78, 5) is 12.1. The van der Waals surface area contributed by atoms with Crippen LogP contribution in [-0.2, 0) is 10.4 Å². The summed E-state index contributed by atoms with van der Waals surface area (Å²) in [6.07, 6.45) is 0. The lowest BCUT2D eigenvalue weighted by Gasteiger charge is -2.24. The van der Waals surface area contributed by atoms with Crippen molar-refractivity contribution in [2.24, 2.45) is 0 Å². The van der Waals surface area contributed by atoms with Crippen molar-refractivity contribution in [1.29, 1.82) is 0 Å². The van der Waals surface area contributed by atoms with Crippen molar-refractivity contribution < 1.29 is 14.3 Å². The highest BCUT2D eigenvalue weighted by Crippen LogP contribution is 2.23. The lowest BCUT2D eigenvalue weighted by molar-refractivity contribution is -0.123. The second-order valence-corrected chi connectivity index (χ2v) is 6.03. The van der Waals surface area contributed by atoms with Crippen LogP contribution in [0.4, 0.5) is 4.39 Å². The summed E-state index contributed by atoms with van der Waals surface area (Å²) in [5.41, 5.74) is -0.0264. The molecule has 1 amide bonds. The molecule has 2 rings (SSSR count). The fraction of sp³-hybridized carbons (Fsp3) is 0.312. The molecule has 0 fully saturated rings. The van der Waals surface area contributed by atoms with Gasteiger partial charge in [0.2, 0.25) is 5.91 Å². The van der Waals surface area contributed by atoms with Gasteiger partial charge >= 0.3 is 0 Å². The van der Waals surface area contributed by atoms with E-state index in [0.29, 0.717) is 5.56 Å². The third-order valence-electron chi connectivity index (χ3n) is 3.51. The third kappa shape index (κ3) is 3.68. The topological polar surface area (TPSA) is 49.3 Å². The summed E-state index contributed by atoms with van der Waals surface area (Å²) in [5, 5.41) is 16.7. The van der Waals surface area contributed by atoms with Gasteiger partial charge in [-0.3, -0.25) is 4.79 Å². The maximum absolute atomic E-state index is 13.7. The predicted octanol–water partition coefficient (Wildman–Crippen LogP) is 3.01. The SMILES string of the molecule is CC(C(=O)NCC(C)(O)c1ccsc1)c1ccccc1F. The van der Waals surface area contributed by atoms with Crippen LogP contribution in [0.5, 0.6) is 0 Å². The fourth-order valence-electron chi connectivity index (χ4n) is 2.05. The molecule has 0 radical (unpaired) electrons. The van der Waals surface area contributed by atoms with Crippen LogP contribution in [0.25, 0.3) is 0 Å². The summed E-state index contributed by atoms with van der Waals surface area (Å²) < 4.78 is 13.7. The largest absolute Gasteiger partial charge is 0.384 e. The summed E-state index contributed by atoms with van der Waals surface area (Å²) in [6.45, 7) is 3.37. The van der Waals surface area contributed by atoms with E-state index >= 15 is 0 Å². The van der Waals surface area contributed by atoms with E-state index in [1.807, 2.05) is 16.8 Å². The fourth-order valence-corrected chi connectivity index (χ4v) is 2.84. The molecule has 0 bridgehead atoms. The van der Waals surface area contributed by atoms with Gasteiger partial charge < -0.3 is 10.4 Å². The van der Waals surface area contributed by atoms with Crippen molar-refractivity contribution in [2.75, 3.05) is 6.54 Å². The van der Waals surface area contributed by atoms with Gasteiger partial charge in [0, 0.05) is 0 Å². The molecule has 0 aliphatic carbocycles. The molecule has 2 atom stereocenters. The number of hydrogen-bond acceptors (Lipinski definition) is 3. The first-order valence-electron chi connectivity index (χ1n) is 6.69. The highest BCUT2D eigenvalue weighted by atomic mass is 32.1. The molecule has 21 heavy (non-hydrogen) atoms. The van der Waals surface area contributed by atoms with Crippen LogP contribution in [0, 0.1) is 5.82 Å². The molecular weight excluding hydrogens is 289 g/mol. The first kappa shape index (κ1) is 15.7. The number of carbonyl (C=O) groups excluding carboxylic acids is 1. The number of rotatable bonds is 5. The van der Waals surface area contributed by atoms with Gasteiger partial charge in [0.15, 0.2) is 0 Å². The maximum Gasteiger partial charge on any atom is 0.227 e. The average molecular weight is 307 g/mol. The molecule has 2 unspecified atom stereocenters. The Kier molecular flexibility index (Phi) is 4.75. The third-order valence-corrected chi connectivity index (χ3v) is 4.20. The highest BCUT2D eigenvalue weighted by molar-refractivity contribution is 7.08. The van der Waals surface area contributed by atoms with E-state index in [4.69, 9.17) is 0 Å². The maximum atomic E-state index is 13.7. The van der Waals surface area contributed by atoms with Gasteiger partial charge in [-0.25, -0.2) is 4.39 Å². The van der Waals surface area contributed by atoms with Crippen LogP contribution in [0.3, 0.4) is 0 Å². The Balaban J connectivity index is 2.01. The van der Waals surface area contributed by atoms with Crippen molar-refractivity contribution in [2.45, 2.75) is 25.4 Å². The van der Waals surface area contributed by atoms with Crippen molar-refractivity contribution in [3.8, 4) is 0 Å². The van der Waals surface area contributed by atoms with Gasteiger partial charge in [0.1, 0.15) is 11.4 Å². The molecule has 1 heterocycles. The number of hydrogen-bond donors (Lipinski definition) is 2. The molecular formula is C16H18FNO2S. The van der Waals surface area contributed by atoms with Gasteiger partial charge in [-0.1, -0.05) is 18.2 Å². The minimum absolute atomic E-state index is 0.0847. The van der Waals surface area contributed by atoms with Gasteiger partial charge in [-0.05, 0) is 47.9 Å². The Labute approximate surface area is 127 Å². The number of thiophene rings is 1. The highest BCUT2D eigenvalue weighted by Gasteiger charge is 2.26. The van der Waals surface area contributed by atoms with E-state index in [9.17, 15) is 14.3 Å². The predicted molar refractivity (Wildman–Crippen MR) is 81.7 cm³/mol. The van der Waals surface area contributed by atoms with Gasteiger partial charge in [0.05, 0.1) is 12.5 Å². The molecule has 0 aliphatic heterocycles. The van der Waals surface area contributed by atoms with Crippen molar-refractivity contribution >= 4 is 17.2 Å². The second-order valence-electron chi connectivity index (χ2n) is 5.25. The lowest BCUT2D eigenvalue weighted by atomic mass is 9.97. The molecule has 0 aliphatic rings. The average Bonchev–Trinajstić information content (AvgIpc) is 2.99. The summed E-state index contributed by atoms with van der Waals surface area (Å²) >= 11 is 1.48. The first-order chi connectivity index (χ1) is 9.92. The quantitative estimate of drug-likeness (QED) is 0.892. The molecule has 0 saturated heterocycles. The standard InChI is InChI=1S/C16H18FNO2S/c1-11(13-5-3-4-6-14(13)17)15(19)18-10-16(2,20)12-7-8-21-9-12/h3-9,11,20H,10H2,1-2H3,(H,18,19). The minimum Gasteiger partial charge on any atom is -0.384 e. The number of amides is 1. The van der Waals surface area contributed by atoms with Crippen LogP contribution in [0.2, 0.25) is 0 Å². The summed E-state index contributed by atoms with van der Waals surface area (Å²) in [6, 6.07) is 8.03. The Bertz CT molecular complexity index is 610. The van der Waals surface area contributed by atoms with Gasteiger partial charge in [-0.2, -0.15) is 11.3 Å². The Morgan fingerprint density at radius 3 is 2.76 bits per heavy atom. The van der Waals surface area contributed by atoms with E-state index in [2.05, 4.69) is 5.32 Å². The first-order valence-corrected chi connectivity index (χ1v) is 7.63. The number of carbonyl (C=O) groups is 1. The zero-order valence-electron chi connectivity index (χ0n) is 12.0. The zero-order chi connectivity index (χ0) is 15.5. The molecule has 1 aromatic heterocycles.